The van der Waals surface area contributed by atoms with E-state index in [0.717, 1.165) is 76.5 Å². The highest BCUT2D eigenvalue weighted by atomic mass is 32.2. The summed E-state index contributed by atoms with van der Waals surface area (Å²) < 4.78 is 23.8. The van der Waals surface area contributed by atoms with Crippen molar-refractivity contribution in [3.63, 3.8) is 0 Å². The van der Waals surface area contributed by atoms with Gasteiger partial charge in [0, 0.05) is 42.6 Å². The average Bonchev–Trinajstić information content (AvgIpc) is 3.64. The monoisotopic (exact) mass is 598 g/mol. The summed E-state index contributed by atoms with van der Waals surface area (Å²) in [6.07, 6.45) is 5.63. The molecule has 0 amide bonds. The van der Waals surface area contributed by atoms with Crippen molar-refractivity contribution in [3.8, 4) is 33.2 Å². The van der Waals surface area contributed by atoms with Crippen molar-refractivity contribution in [1.82, 2.24) is 4.98 Å². The molecule has 0 unspecified atom stereocenters. The van der Waals surface area contributed by atoms with Gasteiger partial charge in [-0.15, -0.1) is 11.3 Å². The van der Waals surface area contributed by atoms with Crippen LogP contribution in [0, 0.1) is 40.9 Å². The van der Waals surface area contributed by atoms with Crippen molar-refractivity contribution in [2.24, 2.45) is 11.3 Å². The fraction of sp³-hybridized carbons (Fsp3) is 0.455. The highest BCUT2D eigenvalue weighted by Gasteiger charge is 2.47. The fourth-order valence-electron chi connectivity index (χ4n) is 6.42. The molecule has 2 heterocycles. The molecule has 9 heteroatoms. The highest BCUT2D eigenvalue weighted by molar-refractivity contribution is 7.91. The van der Waals surface area contributed by atoms with Crippen LogP contribution in [0.4, 0.5) is 5.69 Å². The van der Waals surface area contributed by atoms with Crippen LogP contribution in [0.2, 0.25) is 0 Å². The SMILES string of the molecule is Cc1ccc(-c2nc([C@@H]3CCCC[C@H]3C(=O)CC3(C#N)CC3)c(-c3ccc(N4CCS(=O)(=O)CC4)cc3)s2)c(C#N)c1. The van der Waals surface area contributed by atoms with Crippen LogP contribution < -0.4 is 4.90 Å². The molecular weight excluding hydrogens is 565 g/mol. The van der Waals surface area contributed by atoms with Crippen molar-refractivity contribution in [2.45, 2.75) is 57.8 Å². The first-order valence-electron chi connectivity index (χ1n) is 14.7. The van der Waals surface area contributed by atoms with E-state index in [1.807, 2.05) is 37.3 Å². The Balaban J connectivity index is 1.38. The van der Waals surface area contributed by atoms with Crippen molar-refractivity contribution in [3.05, 3.63) is 59.3 Å². The molecule has 6 rings (SSSR count). The van der Waals surface area contributed by atoms with Gasteiger partial charge in [-0.1, -0.05) is 37.1 Å². The molecule has 2 atom stereocenters. The van der Waals surface area contributed by atoms with E-state index >= 15 is 0 Å². The lowest BCUT2D eigenvalue weighted by atomic mass is 9.73. The van der Waals surface area contributed by atoms with Gasteiger partial charge in [-0.3, -0.25) is 4.79 Å². The zero-order chi connectivity index (χ0) is 29.5. The van der Waals surface area contributed by atoms with Gasteiger partial charge in [0.2, 0.25) is 0 Å². The Morgan fingerprint density at radius 1 is 1.07 bits per heavy atom. The fourth-order valence-corrected chi connectivity index (χ4v) is 8.81. The van der Waals surface area contributed by atoms with Gasteiger partial charge in [-0.25, -0.2) is 13.4 Å². The predicted molar refractivity (Wildman–Crippen MR) is 165 cm³/mol. The van der Waals surface area contributed by atoms with Gasteiger partial charge in [0.25, 0.3) is 0 Å². The van der Waals surface area contributed by atoms with Gasteiger partial charge in [0.05, 0.1) is 45.2 Å². The largest absolute Gasteiger partial charge is 0.369 e. The minimum Gasteiger partial charge on any atom is -0.369 e. The molecule has 7 nitrogen and oxygen atoms in total. The summed E-state index contributed by atoms with van der Waals surface area (Å²) >= 11 is 1.56. The van der Waals surface area contributed by atoms with Crippen LogP contribution in [0.25, 0.3) is 21.0 Å². The molecule has 2 saturated carbocycles. The number of rotatable bonds is 7. The standard InChI is InChI=1S/C33H34N4O3S2/c1-22-6-11-26(24(18-22)20-34)32-36-30(28-5-3-2-4-27(28)29(38)19-33(21-35)12-13-33)31(41-32)23-7-9-25(10-8-23)37-14-16-42(39,40)17-15-37/h6-11,18,27-28H,2-5,12-17,19H2,1H3/t27-,28-/m1/s1. The van der Waals surface area contributed by atoms with Crippen LogP contribution in [0.5, 0.6) is 0 Å². The molecule has 3 fully saturated rings. The first-order valence-corrected chi connectivity index (χ1v) is 17.4. The minimum atomic E-state index is -2.96. The van der Waals surface area contributed by atoms with E-state index in [1.54, 1.807) is 11.3 Å². The van der Waals surface area contributed by atoms with Crippen molar-refractivity contribution in [2.75, 3.05) is 29.5 Å². The Labute approximate surface area is 251 Å². The Kier molecular flexibility index (Phi) is 7.68. The molecular formula is C33H34N4O3S2. The van der Waals surface area contributed by atoms with Crippen LogP contribution >= 0.6 is 11.3 Å². The number of hydrogen-bond acceptors (Lipinski definition) is 8. The first kappa shape index (κ1) is 28.6. The smallest absolute Gasteiger partial charge is 0.153 e. The topological polar surface area (TPSA) is 115 Å². The van der Waals surface area contributed by atoms with Gasteiger partial charge in [0.15, 0.2) is 9.84 Å². The molecule has 3 aromatic rings. The third-order valence-electron chi connectivity index (χ3n) is 9.15. The normalized spacial score (nSPS) is 22.6. The van der Waals surface area contributed by atoms with Gasteiger partial charge >= 0.3 is 0 Å². The number of aryl methyl sites for hydroxylation is 1. The van der Waals surface area contributed by atoms with Crippen molar-refractivity contribution in [1.29, 1.82) is 10.5 Å². The number of ketones is 1. The molecule has 3 aliphatic rings. The number of carbonyl (C=O) groups is 1. The maximum atomic E-state index is 13.7. The van der Waals surface area contributed by atoms with E-state index in [-0.39, 0.29) is 29.1 Å². The van der Waals surface area contributed by atoms with E-state index in [9.17, 15) is 23.7 Å². The lowest BCUT2D eigenvalue weighted by molar-refractivity contribution is -0.125. The van der Waals surface area contributed by atoms with E-state index in [1.165, 1.54) is 0 Å². The van der Waals surface area contributed by atoms with Crippen LogP contribution in [-0.2, 0) is 14.6 Å². The van der Waals surface area contributed by atoms with E-state index in [0.29, 0.717) is 25.1 Å². The Morgan fingerprint density at radius 3 is 2.45 bits per heavy atom. The Bertz CT molecular complexity index is 1690. The quantitative estimate of drug-likeness (QED) is 0.308. The molecule has 42 heavy (non-hydrogen) atoms. The number of benzene rings is 2. The highest BCUT2D eigenvalue weighted by Crippen LogP contribution is 2.52. The number of nitrogens with zero attached hydrogens (tertiary/aromatic N) is 4. The molecule has 0 radical (unpaired) electrons. The zero-order valence-corrected chi connectivity index (χ0v) is 25.4. The van der Waals surface area contributed by atoms with E-state index in [2.05, 4.69) is 29.2 Å². The van der Waals surface area contributed by atoms with E-state index in [4.69, 9.17) is 4.98 Å². The maximum Gasteiger partial charge on any atom is 0.153 e. The van der Waals surface area contributed by atoms with Gasteiger partial charge in [-0.2, -0.15) is 10.5 Å². The number of thiazole rings is 1. The van der Waals surface area contributed by atoms with Gasteiger partial charge in [-0.05, 0) is 61.9 Å². The summed E-state index contributed by atoms with van der Waals surface area (Å²) in [6, 6.07) is 18.8. The molecule has 1 aromatic heterocycles. The molecule has 2 aromatic carbocycles. The Morgan fingerprint density at radius 2 is 1.79 bits per heavy atom. The summed E-state index contributed by atoms with van der Waals surface area (Å²) in [7, 11) is -2.96. The van der Waals surface area contributed by atoms with Crippen LogP contribution in [0.15, 0.2) is 42.5 Å². The first-order chi connectivity index (χ1) is 20.2. The number of anilines is 1. The number of nitriles is 2. The maximum absolute atomic E-state index is 13.7. The number of carbonyl (C=O) groups excluding carboxylic acids is 1. The number of aromatic nitrogens is 1. The average molecular weight is 599 g/mol. The minimum absolute atomic E-state index is 0.0382. The molecule has 0 spiro atoms. The van der Waals surface area contributed by atoms with Crippen LogP contribution in [0.1, 0.15) is 67.7 Å². The second kappa shape index (κ2) is 11.3. The van der Waals surface area contributed by atoms with Gasteiger partial charge in [0.1, 0.15) is 10.8 Å². The number of Topliss-reactive ketones (excluding diaryl/α,β-unsaturated/α-hetero) is 1. The number of sulfone groups is 1. The molecule has 2 aliphatic carbocycles. The third-order valence-corrected chi connectivity index (χ3v) is 11.9. The summed E-state index contributed by atoms with van der Waals surface area (Å²) in [4.78, 5) is 22.0. The summed E-state index contributed by atoms with van der Waals surface area (Å²) in [5.74, 6) is 0.311. The lowest BCUT2D eigenvalue weighted by Crippen LogP contribution is -2.40. The van der Waals surface area contributed by atoms with Crippen LogP contribution in [-0.4, -0.2) is 43.8 Å². The lowest BCUT2D eigenvalue weighted by Gasteiger charge is -2.31. The molecule has 1 aliphatic heterocycles. The molecule has 0 bridgehead atoms. The predicted octanol–water partition coefficient (Wildman–Crippen LogP) is 6.43. The molecule has 0 N–H and O–H groups in total. The molecule has 1 saturated heterocycles. The summed E-state index contributed by atoms with van der Waals surface area (Å²) in [5, 5.41) is 20.3. The second-order valence-electron chi connectivity index (χ2n) is 12.1. The second-order valence-corrected chi connectivity index (χ2v) is 15.4. The van der Waals surface area contributed by atoms with Gasteiger partial charge < -0.3 is 4.90 Å². The summed E-state index contributed by atoms with van der Waals surface area (Å²) in [6.45, 7) is 2.94. The van der Waals surface area contributed by atoms with E-state index < -0.39 is 15.3 Å². The third kappa shape index (κ3) is 5.73. The zero-order valence-electron chi connectivity index (χ0n) is 23.8. The van der Waals surface area contributed by atoms with Crippen LogP contribution in [0.3, 0.4) is 0 Å². The number of hydrogen-bond donors (Lipinski definition) is 0. The molecule has 216 valence electrons. The van der Waals surface area contributed by atoms with Crippen molar-refractivity contribution < 1.29 is 13.2 Å². The summed E-state index contributed by atoms with van der Waals surface area (Å²) in [5.41, 5.74) is 4.82. The Hall–Kier alpha value is -3.53. The van der Waals surface area contributed by atoms with Crippen molar-refractivity contribution >= 4 is 32.6 Å².